The fraction of sp³-hybridized carbons (Fsp3) is 0.600. The zero-order valence-electron chi connectivity index (χ0n) is 9.10. The van der Waals surface area contributed by atoms with Gasteiger partial charge in [0.15, 0.2) is 5.67 Å². The van der Waals surface area contributed by atoms with Gasteiger partial charge < -0.3 is 15.7 Å². The number of hydrogen-bond donors (Lipinski definition) is 2. The molecule has 3 N–H and O–H groups in total. The van der Waals surface area contributed by atoms with E-state index in [0.29, 0.717) is 24.7 Å². The third-order valence-electron chi connectivity index (χ3n) is 2.81. The molecule has 1 aromatic rings. The van der Waals surface area contributed by atoms with Crippen molar-refractivity contribution in [3.63, 3.8) is 0 Å². The molecule has 2 heterocycles. The van der Waals surface area contributed by atoms with Crippen LogP contribution >= 0.6 is 0 Å². The van der Waals surface area contributed by atoms with E-state index in [1.54, 1.807) is 11.0 Å². The molecule has 1 aromatic heterocycles. The molecular weight excluding hydrogens is 211 g/mol. The van der Waals surface area contributed by atoms with Gasteiger partial charge in [-0.15, -0.1) is 0 Å². The second-order valence-corrected chi connectivity index (χ2v) is 4.29. The molecule has 1 saturated heterocycles. The highest BCUT2D eigenvalue weighted by Gasteiger charge is 2.39. The molecule has 88 valence electrons. The van der Waals surface area contributed by atoms with Crippen LogP contribution in [0.2, 0.25) is 0 Å². The Hall–Kier alpha value is -1.43. The molecule has 0 aromatic carbocycles. The van der Waals surface area contributed by atoms with Gasteiger partial charge in [-0.3, -0.25) is 0 Å². The van der Waals surface area contributed by atoms with E-state index in [2.05, 4.69) is 9.97 Å². The predicted molar refractivity (Wildman–Crippen MR) is 58.8 cm³/mol. The number of halogens is 1. The molecule has 5 nitrogen and oxygen atoms in total. The van der Waals surface area contributed by atoms with Gasteiger partial charge in [0.1, 0.15) is 5.82 Å². The molecule has 2 atom stereocenters. The number of piperidine rings is 1. The standard InChI is InChI=1S/C10H15FN4O/c1-10(11)6-15(5-3-7(10)16)9-13-4-2-8(12)14-9/h2,4,7,16H,3,5-6H2,1H3,(H2,12,13,14)/t7-,10+/m0/s1. The summed E-state index contributed by atoms with van der Waals surface area (Å²) in [6.45, 7) is 2.00. The van der Waals surface area contributed by atoms with Crippen LogP contribution in [0.3, 0.4) is 0 Å². The summed E-state index contributed by atoms with van der Waals surface area (Å²) >= 11 is 0. The van der Waals surface area contributed by atoms with Crippen LogP contribution in [0.4, 0.5) is 16.2 Å². The summed E-state index contributed by atoms with van der Waals surface area (Å²) in [4.78, 5) is 9.77. The van der Waals surface area contributed by atoms with Crippen LogP contribution in [0.25, 0.3) is 0 Å². The zero-order chi connectivity index (χ0) is 11.8. The van der Waals surface area contributed by atoms with E-state index in [9.17, 15) is 9.50 Å². The molecule has 1 aliphatic heterocycles. The summed E-state index contributed by atoms with van der Waals surface area (Å²) in [5.41, 5.74) is 3.91. The number of rotatable bonds is 1. The number of alkyl halides is 1. The first-order valence-corrected chi connectivity index (χ1v) is 5.19. The number of aliphatic hydroxyl groups is 1. The van der Waals surface area contributed by atoms with E-state index in [0.717, 1.165) is 0 Å². The van der Waals surface area contributed by atoms with Crippen molar-refractivity contribution in [2.75, 3.05) is 23.7 Å². The van der Waals surface area contributed by atoms with Gasteiger partial charge in [-0.05, 0) is 19.4 Å². The zero-order valence-corrected chi connectivity index (χ0v) is 9.10. The first kappa shape index (κ1) is 11.1. The fourth-order valence-corrected chi connectivity index (χ4v) is 1.82. The van der Waals surface area contributed by atoms with E-state index in [1.807, 2.05) is 0 Å². The van der Waals surface area contributed by atoms with Gasteiger partial charge in [-0.1, -0.05) is 0 Å². The van der Waals surface area contributed by atoms with Crippen molar-refractivity contribution in [1.29, 1.82) is 0 Å². The number of hydrogen-bond acceptors (Lipinski definition) is 5. The molecular formula is C10H15FN4O. The Morgan fingerprint density at radius 3 is 3.06 bits per heavy atom. The van der Waals surface area contributed by atoms with Crippen molar-refractivity contribution in [3.8, 4) is 0 Å². The Morgan fingerprint density at radius 1 is 1.69 bits per heavy atom. The summed E-state index contributed by atoms with van der Waals surface area (Å²) in [7, 11) is 0. The van der Waals surface area contributed by atoms with Crippen molar-refractivity contribution in [1.82, 2.24) is 9.97 Å². The highest BCUT2D eigenvalue weighted by molar-refractivity contribution is 5.38. The topological polar surface area (TPSA) is 75.3 Å². The summed E-state index contributed by atoms with van der Waals surface area (Å²) in [6, 6.07) is 1.58. The first-order chi connectivity index (χ1) is 7.49. The second-order valence-electron chi connectivity index (χ2n) is 4.29. The Bertz CT molecular complexity index is 385. The molecule has 1 fully saturated rings. The normalized spacial score (nSPS) is 30.4. The van der Waals surface area contributed by atoms with Gasteiger partial charge in [0.2, 0.25) is 5.95 Å². The minimum absolute atomic E-state index is 0.0810. The van der Waals surface area contributed by atoms with Gasteiger partial charge in [-0.2, -0.15) is 4.98 Å². The average Bonchev–Trinajstić information content (AvgIpc) is 2.22. The van der Waals surface area contributed by atoms with Gasteiger partial charge in [0, 0.05) is 12.7 Å². The van der Waals surface area contributed by atoms with E-state index in [4.69, 9.17) is 5.73 Å². The molecule has 0 aliphatic carbocycles. The molecule has 1 aliphatic rings. The van der Waals surface area contributed by atoms with Crippen LogP contribution < -0.4 is 10.6 Å². The maximum absolute atomic E-state index is 13.9. The fourth-order valence-electron chi connectivity index (χ4n) is 1.82. The van der Waals surface area contributed by atoms with Gasteiger partial charge in [-0.25, -0.2) is 9.37 Å². The SMILES string of the molecule is C[C@@]1(F)CN(c2nccc(N)n2)CC[C@@H]1O. The maximum Gasteiger partial charge on any atom is 0.227 e. The van der Waals surface area contributed by atoms with Crippen molar-refractivity contribution in [2.24, 2.45) is 0 Å². The monoisotopic (exact) mass is 226 g/mol. The maximum atomic E-state index is 13.9. The number of aliphatic hydroxyl groups excluding tert-OH is 1. The first-order valence-electron chi connectivity index (χ1n) is 5.19. The minimum atomic E-state index is -1.63. The number of nitrogen functional groups attached to an aromatic ring is 1. The van der Waals surface area contributed by atoms with Crippen LogP contribution in [0.5, 0.6) is 0 Å². The molecule has 0 unspecified atom stereocenters. The second kappa shape index (κ2) is 3.86. The summed E-state index contributed by atoms with van der Waals surface area (Å²) in [6.07, 6.45) is 0.980. The van der Waals surface area contributed by atoms with Crippen molar-refractivity contribution >= 4 is 11.8 Å². The Kier molecular flexibility index (Phi) is 2.67. The van der Waals surface area contributed by atoms with Crippen molar-refractivity contribution < 1.29 is 9.50 Å². The number of nitrogens with zero attached hydrogens (tertiary/aromatic N) is 3. The lowest BCUT2D eigenvalue weighted by molar-refractivity contribution is -0.00860. The molecule has 2 rings (SSSR count). The highest BCUT2D eigenvalue weighted by atomic mass is 19.1. The van der Waals surface area contributed by atoms with E-state index < -0.39 is 11.8 Å². The molecule has 0 radical (unpaired) electrons. The third kappa shape index (κ3) is 2.06. The third-order valence-corrected chi connectivity index (χ3v) is 2.81. The van der Waals surface area contributed by atoms with E-state index in [-0.39, 0.29) is 6.54 Å². The lowest BCUT2D eigenvalue weighted by Crippen LogP contribution is -2.52. The molecule has 0 spiro atoms. The van der Waals surface area contributed by atoms with Crippen LogP contribution in [0.1, 0.15) is 13.3 Å². The summed E-state index contributed by atoms with van der Waals surface area (Å²) < 4.78 is 13.9. The lowest BCUT2D eigenvalue weighted by atomic mass is 9.94. The van der Waals surface area contributed by atoms with Gasteiger partial charge in [0.25, 0.3) is 0 Å². The largest absolute Gasteiger partial charge is 0.390 e. The molecule has 6 heteroatoms. The van der Waals surface area contributed by atoms with Crippen LogP contribution in [0, 0.1) is 0 Å². The Labute approximate surface area is 93.1 Å². The molecule has 0 bridgehead atoms. The Morgan fingerprint density at radius 2 is 2.44 bits per heavy atom. The van der Waals surface area contributed by atoms with E-state index in [1.165, 1.54) is 13.1 Å². The molecule has 16 heavy (non-hydrogen) atoms. The lowest BCUT2D eigenvalue weighted by Gasteiger charge is -2.38. The average molecular weight is 226 g/mol. The molecule has 0 saturated carbocycles. The van der Waals surface area contributed by atoms with E-state index >= 15 is 0 Å². The Balaban J connectivity index is 2.18. The van der Waals surface area contributed by atoms with Crippen LogP contribution in [0.15, 0.2) is 12.3 Å². The number of anilines is 2. The van der Waals surface area contributed by atoms with Gasteiger partial charge >= 0.3 is 0 Å². The van der Waals surface area contributed by atoms with Crippen molar-refractivity contribution in [2.45, 2.75) is 25.1 Å². The predicted octanol–water partition coefficient (Wildman–Crippen LogP) is 0.358. The van der Waals surface area contributed by atoms with Gasteiger partial charge in [0.05, 0.1) is 12.6 Å². The quantitative estimate of drug-likeness (QED) is 0.723. The summed E-state index contributed by atoms with van der Waals surface area (Å²) in [5.74, 6) is 0.771. The number of aromatic nitrogens is 2. The number of nitrogens with two attached hydrogens (primary N) is 1. The summed E-state index contributed by atoms with van der Waals surface area (Å²) in [5, 5.41) is 9.49. The molecule has 0 amide bonds. The van der Waals surface area contributed by atoms with Crippen LogP contribution in [-0.2, 0) is 0 Å². The van der Waals surface area contributed by atoms with Crippen LogP contribution in [-0.4, -0.2) is 39.9 Å². The smallest absolute Gasteiger partial charge is 0.227 e. The highest BCUT2D eigenvalue weighted by Crippen LogP contribution is 2.27. The minimum Gasteiger partial charge on any atom is -0.390 e. The van der Waals surface area contributed by atoms with Crippen molar-refractivity contribution in [3.05, 3.63) is 12.3 Å².